The average molecular weight is 271 g/mol. The molecule has 0 aliphatic heterocycles. The molecular weight excluding hydrogens is 251 g/mol. The Morgan fingerprint density at radius 1 is 1.21 bits per heavy atom. The van der Waals surface area contributed by atoms with Crippen LogP contribution >= 0.6 is 0 Å². The molecule has 1 aromatic rings. The van der Waals surface area contributed by atoms with Crippen LogP contribution < -0.4 is 5.32 Å². The fraction of sp³-hybridized carbons (Fsp3) is 0.600. The Morgan fingerprint density at radius 2 is 1.84 bits per heavy atom. The van der Waals surface area contributed by atoms with Gasteiger partial charge < -0.3 is 0 Å². The minimum absolute atomic E-state index is 0.0539. The third-order valence-electron chi connectivity index (χ3n) is 3.83. The molecule has 0 radical (unpaired) electrons. The molecule has 1 fully saturated rings. The van der Waals surface area contributed by atoms with Crippen LogP contribution in [0.2, 0.25) is 0 Å². The van der Waals surface area contributed by atoms with Gasteiger partial charge in [0.15, 0.2) is 0 Å². The lowest BCUT2D eigenvalue weighted by Gasteiger charge is -2.26. The van der Waals surface area contributed by atoms with Crippen molar-refractivity contribution in [2.24, 2.45) is 5.41 Å². The Labute approximate surface area is 112 Å². The zero-order valence-electron chi connectivity index (χ0n) is 11.3. The van der Waals surface area contributed by atoms with Gasteiger partial charge in [-0.2, -0.15) is 13.2 Å². The van der Waals surface area contributed by atoms with Crippen LogP contribution in [0.3, 0.4) is 0 Å². The molecule has 2 atom stereocenters. The molecule has 1 aliphatic rings. The summed E-state index contributed by atoms with van der Waals surface area (Å²) in [7, 11) is 0. The quantitative estimate of drug-likeness (QED) is 0.856. The fourth-order valence-electron chi connectivity index (χ4n) is 2.84. The zero-order chi connectivity index (χ0) is 14.1. The highest BCUT2D eigenvalue weighted by Gasteiger charge is 2.43. The van der Waals surface area contributed by atoms with Crippen molar-refractivity contribution in [1.29, 1.82) is 0 Å². The van der Waals surface area contributed by atoms with Crippen molar-refractivity contribution in [3.05, 3.63) is 35.9 Å². The van der Waals surface area contributed by atoms with Crippen LogP contribution in [0.25, 0.3) is 0 Å². The lowest BCUT2D eigenvalue weighted by atomic mass is 9.91. The van der Waals surface area contributed by atoms with E-state index in [1.807, 2.05) is 0 Å². The van der Waals surface area contributed by atoms with Gasteiger partial charge in [-0.25, -0.2) is 0 Å². The first-order chi connectivity index (χ1) is 8.78. The van der Waals surface area contributed by atoms with E-state index in [1.165, 1.54) is 12.1 Å². The van der Waals surface area contributed by atoms with Gasteiger partial charge >= 0.3 is 6.18 Å². The maximum atomic E-state index is 13.2. The molecule has 2 rings (SSSR count). The van der Waals surface area contributed by atoms with Gasteiger partial charge in [0.25, 0.3) is 0 Å². The Hall–Kier alpha value is -1.03. The average Bonchev–Trinajstić information content (AvgIpc) is 2.65. The summed E-state index contributed by atoms with van der Waals surface area (Å²) >= 11 is 0. The lowest BCUT2D eigenvalue weighted by molar-refractivity contribution is -0.159. The van der Waals surface area contributed by atoms with Crippen LogP contribution in [-0.4, -0.2) is 12.2 Å². The first kappa shape index (κ1) is 14.4. The summed E-state index contributed by atoms with van der Waals surface area (Å²) in [5, 5.41) is 2.80. The van der Waals surface area contributed by atoms with E-state index in [-0.39, 0.29) is 11.5 Å². The monoisotopic (exact) mass is 271 g/mol. The van der Waals surface area contributed by atoms with Crippen molar-refractivity contribution in [2.75, 3.05) is 0 Å². The van der Waals surface area contributed by atoms with E-state index >= 15 is 0 Å². The third kappa shape index (κ3) is 3.72. The molecule has 1 saturated carbocycles. The van der Waals surface area contributed by atoms with Crippen LogP contribution in [0.1, 0.15) is 44.7 Å². The van der Waals surface area contributed by atoms with E-state index in [9.17, 15) is 13.2 Å². The van der Waals surface area contributed by atoms with E-state index < -0.39 is 12.2 Å². The van der Waals surface area contributed by atoms with Gasteiger partial charge in [0, 0.05) is 6.04 Å². The first-order valence-corrected chi connectivity index (χ1v) is 6.66. The van der Waals surface area contributed by atoms with E-state index in [2.05, 4.69) is 19.2 Å². The second kappa shape index (κ2) is 5.16. The highest BCUT2D eigenvalue weighted by atomic mass is 19.4. The number of halogens is 3. The van der Waals surface area contributed by atoms with E-state index in [0.717, 1.165) is 19.3 Å². The molecule has 4 heteroatoms. The Balaban J connectivity index is 2.13. The number of nitrogens with one attached hydrogen (secondary N) is 1. The molecule has 19 heavy (non-hydrogen) atoms. The molecule has 0 saturated heterocycles. The van der Waals surface area contributed by atoms with Crippen LogP contribution in [0.5, 0.6) is 0 Å². The van der Waals surface area contributed by atoms with E-state index in [1.54, 1.807) is 18.2 Å². The number of hydrogen-bond donors (Lipinski definition) is 1. The SMILES string of the molecule is CC1(C)CCC(NC(c2ccccc2)C(F)(F)F)C1. The van der Waals surface area contributed by atoms with Crippen molar-refractivity contribution >= 4 is 0 Å². The van der Waals surface area contributed by atoms with Crippen molar-refractivity contribution in [3.8, 4) is 0 Å². The molecule has 1 nitrogen and oxygen atoms in total. The maximum absolute atomic E-state index is 13.2. The second-order valence-corrected chi connectivity index (χ2v) is 6.16. The number of rotatable bonds is 3. The summed E-state index contributed by atoms with van der Waals surface area (Å²) in [6.45, 7) is 4.22. The third-order valence-corrected chi connectivity index (χ3v) is 3.83. The predicted molar refractivity (Wildman–Crippen MR) is 69.8 cm³/mol. The van der Waals surface area contributed by atoms with Crippen molar-refractivity contribution in [3.63, 3.8) is 0 Å². The van der Waals surface area contributed by atoms with Crippen LogP contribution in [0.4, 0.5) is 13.2 Å². The molecule has 2 unspecified atom stereocenters. The maximum Gasteiger partial charge on any atom is 0.407 e. The van der Waals surface area contributed by atoms with Crippen LogP contribution in [-0.2, 0) is 0 Å². The Morgan fingerprint density at radius 3 is 2.32 bits per heavy atom. The highest BCUT2D eigenvalue weighted by molar-refractivity contribution is 5.20. The topological polar surface area (TPSA) is 12.0 Å². The van der Waals surface area contributed by atoms with Crippen molar-refractivity contribution in [1.82, 2.24) is 5.32 Å². The van der Waals surface area contributed by atoms with Gasteiger partial charge in [-0.05, 0) is 30.2 Å². The Kier molecular flexibility index (Phi) is 3.90. The van der Waals surface area contributed by atoms with Gasteiger partial charge in [0.2, 0.25) is 0 Å². The molecule has 1 aromatic carbocycles. The number of alkyl halides is 3. The zero-order valence-corrected chi connectivity index (χ0v) is 11.3. The van der Waals surface area contributed by atoms with Crippen molar-refractivity contribution < 1.29 is 13.2 Å². The molecular formula is C15H20F3N. The van der Waals surface area contributed by atoms with E-state index in [4.69, 9.17) is 0 Å². The summed E-state index contributed by atoms with van der Waals surface area (Å²) in [6.07, 6.45) is -1.67. The number of hydrogen-bond acceptors (Lipinski definition) is 1. The molecule has 0 amide bonds. The molecule has 1 aliphatic carbocycles. The predicted octanol–water partition coefficient (Wildman–Crippen LogP) is 4.46. The molecule has 0 bridgehead atoms. The Bertz CT molecular complexity index is 411. The molecule has 106 valence electrons. The van der Waals surface area contributed by atoms with Gasteiger partial charge in [0.1, 0.15) is 6.04 Å². The van der Waals surface area contributed by atoms with Gasteiger partial charge in [0.05, 0.1) is 0 Å². The van der Waals surface area contributed by atoms with E-state index in [0.29, 0.717) is 5.56 Å². The fourth-order valence-corrected chi connectivity index (χ4v) is 2.84. The second-order valence-electron chi connectivity index (χ2n) is 6.16. The van der Waals surface area contributed by atoms with Crippen molar-refractivity contribution in [2.45, 2.75) is 51.4 Å². The molecule has 0 aromatic heterocycles. The van der Waals surface area contributed by atoms with Gasteiger partial charge in [-0.1, -0.05) is 44.2 Å². The largest absolute Gasteiger partial charge is 0.407 e. The molecule has 0 heterocycles. The smallest absolute Gasteiger partial charge is 0.300 e. The summed E-state index contributed by atoms with van der Waals surface area (Å²) in [6, 6.07) is 6.48. The lowest BCUT2D eigenvalue weighted by Crippen LogP contribution is -2.39. The summed E-state index contributed by atoms with van der Waals surface area (Å²) in [5.41, 5.74) is 0.435. The normalized spacial score (nSPS) is 24.4. The number of benzene rings is 1. The standard InChI is InChI=1S/C15H20F3N/c1-14(2)9-8-12(10-14)19-13(15(16,17)18)11-6-4-3-5-7-11/h3-7,12-13,19H,8-10H2,1-2H3. The van der Waals surface area contributed by atoms with Crippen LogP contribution in [0, 0.1) is 5.41 Å². The first-order valence-electron chi connectivity index (χ1n) is 6.66. The van der Waals surface area contributed by atoms with Gasteiger partial charge in [-0.15, -0.1) is 0 Å². The summed E-state index contributed by atoms with van der Waals surface area (Å²) in [5.74, 6) is 0. The minimum atomic E-state index is -4.26. The minimum Gasteiger partial charge on any atom is -0.300 e. The molecule has 1 N–H and O–H groups in total. The van der Waals surface area contributed by atoms with Crippen LogP contribution in [0.15, 0.2) is 30.3 Å². The molecule has 0 spiro atoms. The van der Waals surface area contributed by atoms with Gasteiger partial charge in [-0.3, -0.25) is 5.32 Å². The summed E-state index contributed by atoms with van der Waals surface area (Å²) < 4.78 is 39.6. The summed E-state index contributed by atoms with van der Waals surface area (Å²) in [4.78, 5) is 0. The highest BCUT2D eigenvalue weighted by Crippen LogP contribution is 2.40.